The molecule has 0 bridgehead atoms. The number of rotatable bonds is 8. The number of nitrogens with zero attached hydrogens (tertiary/aromatic N) is 3. The molecular weight excluding hydrogens is 452 g/mol. The van der Waals surface area contributed by atoms with Crippen molar-refractivity contribution in [3.63, 3.8) is 0 Å². The Morgan fingerprint density at radius 3 is 2.48 bits per heavy atom. The molecule has 1 N–H and O–H groups in total. The van der Waals surface area contributed by atoms with Crippen molar-refractivity contribution in [2.24, 2.45) is 0 Å². The molecule has 152 valence electrons. The van der Waals surface area contributed by atoms with Crippen molar-refractivity contribution < 1.29 is 9.53 Å². The molecule has 6 nitrogen and oxygen atoms in total. The third-order valence-electron chi connectivity index (χ3n) is 4.43. The van der Waals surface area contributed by atoms with Crippen LogP contribution in [0.4, 0.5) is 0 Å². The van der Waals surface area contributed by atoms with Crippen molar-refractivity contribution in [1.82, 2.24) is 20.1 Å². The van der Waals surface area contributed by atoms with Gasteiger partial charge < -0.3 is 10.1 Å². The quantitative estimate of drug-likeness (QED) is 0.472. The number of ether oxygens (including phenoxy) is 1. The maximum Gasteiger partial charge on any atom is 0.251 e. The summed E-state index contributed by atoms with van der Waals surface area (Å²) in [6.45, 7) is 4.58. The highest BCUT2D eigenvalue weighted by molar-refractivity contribution is 9.10. The van der Waals surface area contributed by atoms with E-state index in [2.05, 4.69) is 45.3 Å². The van der Waals surface area contributed by atoms with Crippen molar-refractivity contribution >= 4 is 33.6 Å². The number of methoxy groups -OCH3 is 1. The highest BCUT2D eigenvalue weighted by Crippen LogP contribution is 2.27. The zero-order chi connectivity index (χ0) is 20.8. The predicted octanol–water partition coefficient (Wildman–Crippen LogP) is 4.86. The number of hydrogen-bond acceptors (Lipinski definition) is 5. The topological polar surface area (TPSA) is 69.0 Å². The van der Waals surface area contributed by atoms with Crippen LogP contribution in [-0.2, 0) is 6.54 Å². The molecule has 0 fully saturated rings. The lowest BCUT2D eigenvalue weighted by atomic mass is 10.2. The highest BCUT2D eigenvalue weighted by Gasteiger charge is 2.17. The molecule has 1 atom stereocenters. The van der Waals surface area contributed by atoms with E-state index in [4.69, 9.17) is 4.74 Å². The Hall–Kier alpha value is -2.32. The minimum absolute atomic E-state index is 0.172. The first-order valence-corrected chi connectivity index (χ1v) is 11.0. The zero-order valence-electron chi connectivity index (χ0n) is 16.6. The SMILES string of the molecule is CCC(C)Sc1nnc(CNC(=O)c2ccc(OC)cc2)n1-c1ccc(Br)cc1. The third kappa shape index (κ3) is 5.39. The molecular formula is C21H23BrN4O2S. The van der Waals surface area contributed by atoms with Crippen LogP contribution in [0.2, 0.25) is 0 Å². The van der Waals surface area contributed by atoms with Gasteiger partial charge in [-0.25, -0.2) is 0 Å². The lowest BCUT2D eigenvalue weighted by Gasteiger charge is -2.13. The lowest BCUT2D eigenvalue weighted by molar-refractivity contribution is 0.0949. The van der Waals surface area contributed by atoms with Gasteiger partial charge in [0.25, 0.3) is 5.91 Å². The molecule has 1 unspecified atom stereocenters. The first kappa shape index (κ1) is 21.4. The normalized spacial score (nSPS) is 11.9. The van der Waals surface area contributed by atoms with E-state index >= 15 is 0 Å². The number of carbonyl (C=O) groups is 1. The van der Waals surface area contributed by atoms with E-state index in [0.717, 1.165) is 21.7 Å². The van der Waals surface area contributed by atoms with E-state index in [-0.39, 0.29) is 12.5 Å². The van der Waals surface area contributed by atoms with E-state index in [9.17, 15) is 4.79 Å². The van der Waals surface area contributed by atoms with E-state index in [0.29, 0.717) is 22.4 Å². The van der Waals surface area contributed by atoms with Crippen LogP contribution >= 0.6 is 27.7 Å². The van der Waals surface area contributed by atoms with Gasteiger partial charge in [0, 0.05) is 21.0 Å². The van der Waals surface area contributed by atoms with E-state index in [1.54, 1.807) is 43.1 Å². The summed E-state index contributed by atoms with van der Waals surface area (Å²) in [5, 5.41) is 12.9. The summed E-state index contributed by atoms with van der Waals surface area (Å²) in [5.74, 6) is 1.22. The van der Waals surface area contributed by atoms with Gasteiger partial charge in [-0.05, 0) is 55.0 Å². The Bertz CT molecular complexity index is 958. The van der Waals surface area contributed by atoms with Crippen LogP contribution in [-0.4, -0.2) is 33.0 Å². The second-order valence-corrected chi connectivity index (χ2v) is 8.78. The summed E-state index contributed by atoms with van der Waals surface area (Å²) in [4.78, 5) is 12.5. The van der Waals surface area contributed by atoms with Crippen LogP contribution in [0.15, 0.2) is 58.2 Å². The lowest BCUT2D eigenvalue weighted by Crippen LogP contribution is -2.24. The molecule has 1 aromatic heterocycles. The minimum Gasteiger partial charge on any atom is -0.497 e. The smallest absolute Gasteiger partial charge is 0.251 e. The number of nitrogens with one attached hydrogen (secondary N) is 1. The van der Waals surface area contributed by atoms with Crippen molar-refractivity contribution in [1.29, 1.82) is 0 Å². The molecule has 0 saturated carbocycles. The number of halogens is 1. The Labute approximate surface area is 183 Å². The fourth-order valence-electron chi connectivity index (χ4n) is 2.61. The Balaban J connectivity index is 1.82. The molecule has 0 saturated heterocycles. The van der Waals surface area contributed by atoms with Gasteiger partial charge in [0.05, 0.1) is 13.7 Å². The fourth-order valence-corrected chi connectivity index (χ4v) is 3.80. The van der Waals surface area contributed by atoms with Crippen molar-refractivity contribution in [2.75, 3.05) is 7.11 Å². The van der Waals surface area contributed by atoms with Crippen LogP contribution in [0, 0.1) is 0 Å². The minimum atomic E-state index is -0.172. The van der Waals surface area contributed by atoms with E-state index in [1.807, 2.05) is 28.8 Å². The van der Waals surface area contributed by atoms with Crippen LogP contribution in [0.5, 0.6) is 5.75 Å². The van der Waals surface area contributed by atoms with Gasteiger partial charge in [0.15, 0.2) is 11.0 Å². The molecule has 1 amide bonds. The number of hydrogen-bond donors (Lipinski definition) is 1. The Kier molecular flexibility index (Phi) is 7.33. The van der Waals surface area contributed by atoms with Gasteiger partial charge in [0.2, 0.25) is 0 Å². The van der Waals surface area contributed by atoms with Gasteiger partial charge >= 0.3 is 0 Å². The molecule has 3 rings (SSSR count). The molecule has 2 aromatic carbocycles. The van der Waals surface area contributed by atoms with Crippen molar-refractivity contribution in [3.05, 3.63) is 64.4 Å². The Morgan fingerprint density at radius 2 is 1.86 bits per heavy atom. The van der Waals surface area contributed by atoms with Gasteiger partial charge in [0.1, 0.15) is 5.75 Å². The van der Waals surface area contributed by atoms with Crippen molar-refractivity contribution in [2.45, 2.75) is 37.2 Å². The summed E-state index contributed by atoms with van der Waals surface area (Å²) in [5.41, 5.74) is 1.52. The van der Waals surface area contributed by atoms with Crippen molar-refractivity contribution in [3.8, 4) is 11.4 Å². The molecule has 0 radical (unpaired) electrons. The first-order chi connectivity index (χ1) is 14.0. The van der Waals surface area contributed by atoms with Gasteiger partial charge in [-0.3, -0.25) is 9.36 Å². The zero-order valence-corrected chi connectivity index (χ0v) is 19.0. The summed E-state index contributed by atoms with van der Waals surface area (Å²) in [6, 6.07) is 15.0. The molecule has 3 aromatic rings. The third-order valence-corrected chi connectivity index (χ3v) is 6.17. The standard InChI is InChI=1S/C21H23BrN4O2S/c1-4-14(2)29-21-25-24-19(26(21)17-9-7-16(22)8-10-17)13-23-20(27)15-5-11-18(28-3)12-6-15/h5-12,14H,4,13H2,1-3H3,(H,23,27). The second-order valence-electron chi connectivity index (χ2n) is 6.46. The van der Waals surface area contributed by atoms with Crippen LogP contribution in [0.25, 0.3) is 5.69 Å². The molecule has 8 heteroatoms. The fraction of sp³-hybridized carbons (Fsp3) is 0.286. The van der Waals surface area contributed by atoms with Gasteiger partial charge in [-0.1, -0.05) is 41.5 Å². The average molecular weight is 475 g/mol. The molecule has 29 heavy (non-hydrogen) atoms. The first-order valence-electron chi connectivity index (χ1n) is 9.31. The van der Waals surface area contributed by atoms with Gasteiger partial charge in [-0.15, -0.1) is 10.2 Å². The van der Waals surface area contributed by atoms with Gasteiger partial charge in [-0.2, -0.15) is 0 Å². The second kappa shape index (κ2) is 9.93. The molecule has 1 heterocycles. The average Bonchev–Trinajstić information content (AvgIpc) is 3.14. The number of amides is 1. The maximum atomic E-state index is 12.5. The molecule has 0 aliphatic rings. The molecule has 0 aliphatic heterocycles. The van der Waals surface area contributed by atoms with Crippen LogP contribution in [0.1, 0.15) is 36.5 Å². The number of thioether (sulfide) groups is 1. The molecule has 0 spiro atoms. The van der Waals surface area contributed by atoms with Crippen LogP contribution in [0.3, 0.4) is 0 Å². The Morgan fingerprint density at radius 1 is 1.17 bits per heavy atom. The maximum absolute atomic E-state index is 12.5. The summed E-state index contributed by atoms with van der Waals surface area (Å²) < 4.78 is 8.13. The monoisotopic (exact) mass is 474 g/mol. The van der Waals surface area contributed by atoms with E-state index < -0.39 is 0 Å². The largest absolute Gasteiger partial charge is 0.497 e. The highest BCUT2D eigenvalue weighted by atomic mass is 79.9. The summed E-state index contributed by atoms with van der Waals surface area (Å²) in [6.07, 6.45) is 1.03. The number of aromatic nitrogens is 3. The predicted molar refractivity (Wildman–Crippen MR) is 119 cm³/mol. The van der Waals surface area contributed by atoms with Crippen LogP contribution < -0.4 is 10.1 Å². The number of carbonyl (C=O) groups excluding carboxylic acids is 1. The van der Waals surface area contributed by atoms with E-state index in [1.165, 1.54) is 0 Å². The number of benzene rings is 2. The molecule has 0 aliphatic carbocycles. The summed E-state index contributed by atoms with van der Waals surface area (Å²) >= 11 is 5.15. The summed E-state index contributed by atoms with van der Waals surface area (Å²) in [7, 11) is 1.60.